The van der Waals surface area contributed by atoms with E-state index in [0.717, 1.165) is 24.6 Å². The molecule has 6 nitrogen and oxygen atoms in total. The molecule has 3 rings (SSSR count). The molecule has 0 aliphatic carbocycles. The molecule has 0 aliphatic rings. The van der Waals surface area contributed by atoms with E-state index in [-0.39, 0.29) is 36.5 Å². The van der Waals surface area contributed by atoms with Gasteiger partial charge in [0, 0.05) is 31.4 Å². The normalized spacial score (nSPS) is 12.1. The van der Waals surface area contributed by atoms with Crippen LogP contribution in [0.25, 0.3) is 0 Å². The van der Waals surface area contributed by atoms with Gasteiger partial charge in [-0.3, -0.25) is 4.68 Å². The lowest BCUT2D eigenvalue weighted by Crippen LogP contribution is -2.40. The van der Waals surface area contributed by atoms with Crippen molar-refractivity contribution in [3.63, 3.8) is 0 Å². The molecule has 1 atom stereocenters. The Bertz CT molecular complexity index is 884. The molecule has 0 spiro atoms. The van der Waals surface area contributed by atoms with Crippen molar-refractivity contribution in [2.24, 2.45) is 4.99 Å². The lowest BCUT2D eigenvalue weighted by molar-refractivity contribution is 0.265. The largest absolute Gasteiger partial charge is 0.396 e. The van der Waals surface area contributed by atoms with Gasteiger partial charge in [0.15, 0.2) is 5.96 Å². The van der Waals surface area contributed by atoms with E-state index in [1.54, 1.807) is 6.20 Å². The van der Waals surface area contributed by atoms with Crippen molar-refractivity contribution in [1.29, 1.82) is 0 Å². The minimum atomic E-state index is 0. The molecular formula is C23H30IN5O. The summed E-state index contributed by atoms with van der Waals surface area (Å²) in [4.78, 5) is 4.76. The topological polar surface area (TPSA) is 74.5 Å². The fourth-order valence-corrected chi connectivity index (χ4v) is 3.17. The summed E-state index contributed by atoms with van der Waals surface area (Å²) in [5.74, 6) is 0.767. The van der Waals surface area contributed by atoms with E-state index < -0.39 is 0 Å². The number of rotatable bonds is 9. The molecule has 0 radical (unpaired) electrons. The highest BCUT2D eigenvalue weighted by Gasteiger charge is 2.11. The fraction of sp³-hybridized carbons (Fsp3) is 0.304. The first-order valence-corrected chi connectivity index (χ1v) is 10.0. The SMILES string of the molecule is CCNC(=NCc1ccccc1Cn1cccn1)NCC(CO)c1ccccc1.I. The van der Waals surface area contributed by atoms with E-state index in [9.17, 15) is 5.11 Å². The Hall–Kier alpha value is -2.39. The second kappa shape index (κ2) is 13.0. The van der Waals surface area contributed by atoms with Gasteiger partial charge in [-0.25, -0.2) is 4.99 Å². The standard InChI is InChI=1S/C23H29N5O.HI/c1-2-24-23(26-16-22(18-29)19-9-4-3-5-10-19)25-15-20-11-6-7-12-21(20)17-28-14-8-13-27-28;/h3-14,22,29H,2,15-18H2,1H3,(H2,24,25,26);1H. The van der Waals surface area contributed by atoms with E-state index in [1.807, 2.05) is 66.3 Å². The molecule has 3 aromatic rings. The molecule has 30 heavy (non-hydrogen) atoms. The molecule has 0 bridgehead atoms. The number of nitrogens with zero attached hydrogens (tertiary/aromatic N) is 3. The zero-order chi connectivity index (χ0) is 20.3. The van der Waals surface area contributed by atoms with Crippen LogP contribution in [0, 0.1) is 0 Å². The molecule has 1 heterocycles. The molecule has 0 saturated heterocycles. The Morgan fingerprint density at radius 3 is 2.43 bits per heavy atom. The summed E-state index contributed by atoms with van der Waals surface area (Å²) in [6.45, 7) is 4.81. The lowest BCUT2D eigenvalue weighted by atomic mass is 10.0. The number of aliphatic hydroxyl groups is 1. The Morgan fingerprint density at radius 2 is 1.77 bits per heavy atom. The number of hydrogen-bond acceptors (Lipinski definition) is 3. The van der Waals surface area contributed by atoms with Crippen LogP contribution in [0.5, 0.6) is 0 Å². The molecule has 7 heteroatoms. The minimum Gasteiger partial charge on any atom is -0.396 e. The molecule has 0 fully saturated rings. The molecule has 0 amide bonds. The van der Waals surface area contributed by atoms with Crippen molar-refractivity contribution in [3.8, 4) is 0 Å². The monoisotopic (exact) mass is 519 g/mol. The first kappa shape index (κ1) is 23.9. The number of aliphatic hydroxyl groups excluding tert-OH is 1. The van der Waals surface area contributed by atoms with Crippen molar-refractivity contribution < 1.29 is 5.11 Å². The highest BCUT2D eigenvalue weighted by Crippen LogP contribution is 2.14. The van der Waals surface area contributed by atoms with E-state index in [0.29, 0.717) is 13.1 Å². The second-order valence-electron chi connectivity index (χ2n) is 6.84. The lowest BCUT2D eigenvalue weighted by Gasteiger charge is -2.18. The third-order valence-electron chi connectivity index (χ3n) is 4.77. The van der Waals surface area contributed by atoms with Gasteiger partial charge in [0.2, 0.25) is 0 Å². The van der Waals surface area contributed by atoms with Gasteiger partial charge in [0.1, 0.15) is 0 Å². The van der Waals surface area contributed by atoms with Crippen molar-refractivity contribution in [2.75, 3.05) is 19.7 Å². The van der Waals surface area contributed by atoms with Gasteiger partial charge in [-0.2, -0.15) is 5.10 Å². The minimum absolute atomic E-state index is 0. The van der Waals surface area contributed by atoms with Gasteiger partial charge in [0.25, 0.3) is 0 Å². The summed E-state index contributed by atoms with van der Waals surface area (Å²) in [5, 5.41) is 20.7. The quantitative estimate of drug-likeness (QED) is 0.230. The van der Waals surface area contributed by atoms with Crippen LogP contribution in [0.3, 0.4) is 0 Å². The van der Waals surface area contributed by atoms with Crippen molar-refractivity contribution in [1.82, 2.24) is 20.4 Å². The van der Waals surface area contributed by atoms with Crippen LogP contribution in [-0.2, 0) is 13.1 Å². The van der Waals surface area contributed by atoms with Crippen LogP contribution in [0.4, 0.5) is 0 Å². The molecule has 2 aromatic carbocycles. The van der Waals surface area contributed by atoms with Gasteiger partial charge in [-0.1, -0.05) is 54.6 Å². The van der Waals surface area contributed by atoms with Crippen LogP contribution in [-0.4, -0.2) is 40.5 Å². The van der Waals surface area contributed by atoms with Crippen LogP contribution in [0.2, 0.25) is 0 Å². The van der Waals surface area contributed by atoms with Crippen LogP contribution >= 0.6 is 24.0 Å². The number of benzene rings is 2. The van der Waals surface area contributed by atoms with Gasteiger partial charge in [-0.05, 0) is 29.7 Å². The van der Waals surface area contributed by atoms with Crippen molar-refractivity contribution >= 4 is 29.9 Å². The average Bonchev–Trinajstić information content (AvgIpc) is 3.27. The summed E-state index contributed by atoms with van der Waals surface area (Å²) in [6, 6.07) is 20.3. The summed E-state index contributed by atoms with van der Waals surface area (Å²) >= 11 is 0. The Labute approximate surface area is 195 Å². The maximum absolute atomic E-state index is 9.78. The van der Waals surface area contributed by atoms with Gasteiger partial charge >= 0.3 is 0 Å². The van der Waals surface area contributed by atoms with Gasteiger partial charge in [-0.15, -0.1) is 24.0 Å². The molecule has 160 valence electrons. The van der Waals surface area contributed by atoms with E-state index in [2.05, 4.69) is 27.9 Å². The molecule has 1 unspecified atom stereocenters. The molecule has 3 N–H and O–H groups in total. The van der Waals surface area contributed by atoms with Crippen LogP contribution in [0.15, 0.2) is 78.0 Å². The average molecular weight is 519 g/mol. The predicted molar refractivity (Wildman–Crippen MR) is 132 cm³/mol. The van der Waals surface area contributed by atoms with Crippen molar-refractivity contribution in [3.05, 3.63) is 89.7 Å². The van der Waals surface area contributed by atoms with E-state index >= 15 is 0 Å². The number of guanidine groups is 1. The van der Waals surface area contributed by atoms with Crippen LogP contribution < -0.4 is 10.6 Å². The van der Waals surface area contributed by atoms with Crippen LogP contribution in [0.1, 0.15) is 29.5 Å². The highest BCUT2D eigenvalue weighted by molar-refractivity contribution is 14.0. The maximum atomic E-state index is 9.78. The highest BCUT2D eigenvalue weighted by atomic mass is 127. The van der Waals surface area contributed by atoms with Gasteiger partial charge < -0.3 is 15.7 Å². The predicted octanol–water partition coefficient (Wildman–Crippen LogP) is 3.38. The smallest absolute Gasteiger partial charge is 0.191 e. The van der Waals surface area contributed by atoms with Gasteiger partial charge in [0.05, 0.1) is 19.7 Å². The molecule has 0 saturated carbocycles. The Balaban J connectivity index is 0.00000320. The first-order chi connectivity index (χ1) is 14.3. The third-order valence-corrected chi connectivity index (χ3v) is 4.77. The van der Waals surface area contributed by atoms with Crippen molar-refractivity contribution in [2.45, 2.75) is 25.9 Å². The number of hydrogen-bond donors (Lipinski definition) is 3. The summed E-state index contributed by atoms with van der Waals surface area (Å²) < 4.78 is 1.91. The molecule has 1 aromatic heterocycles. The second-order valence-corrected chi connectivity index (χ2v) is 6.84. The molecule has 0 aliphatic heterocycles. The number of aliphatic imine (C=N–C) groups is 1. The Kier molecular flexibility index (Phi) is 10.4. The third kappa shape index (κ3) is 7.14. The summed E-state index contributed by atoms with van der Waals surface area (Å²) in [6.07, 6.45) is 3.75. The zero-order valence-corrected chi connectivity index (χ0v) is 19.6. The summed E-state index contributed by atoms with van der Waals surface area (Å²) in [5.41, 5.74) is 3.48. The number of halogens is 1. The Morgan fingerprint density at radius 1 is 1.03 bits per heavy atom. The maximum Gasteiger partial charge on any atom is 0.191 e. The first-order valence-electron chi connectivity index (χ1n) is 10.0. The number of nitrogens with one attached hydrogen (secondary N) is 2. The van der Waals surface area contributed by atoms with E-state index in [1.165, 1.54) is 11.1 Å². The summed E-state index contributed by atoms with van der Waals surface area (Å²) in [7, 11) is 0. The number of aromatic nitrogens is 2. The fourth-order valence-electron chi connectivity index (χ4n) is 3.17. The van der Waals surface area contributed by atoms with E-state index in [4.69, 9.17) is 4.99 Å². The molecular weight excluding hydrogens is 489 g/mol. The zero-order valence-electron chi connectivity index (χ0n) is 17.2.